The number of rotatable bonds is 6. The molecule has 0 radical (unpaired) electrons. The number of hydrogen-bond donors (Lipinski definition) is 2. The monoisotopic (exact) mass is 271 g/mol. The third-order valence-corrected chi connectivity index (χ3v) is 3.37. The highest BCUT2D eigenvalue weighted by Crippen LogP contribution is 2.08. The number of nitrogens with one attached hydrogen (secondary N) is 1. The van der Waals surface area contributed by atoms with Crippen molar-refractivity contribution in [3.63, 3.8) is 0 Å². The summed E-state index contributed by atoms with van der Waals surface area (Å²) in [5.74, 6) is -0.0665. The highest BCUT2D eigenvalue weighted by Gasteiger charge is 2.14. The first-order valence-corrected chi connectivity index (χ1v) is 6.94. The fourth-order valence-corrected chi connectivity index (χ4v) is 2.13. The van der Waals surface area contributed by atoms with Crippen molar-refractivity contribution in [3.8, 4) is 0 Å². The molecule has 4 nitrogen and oxygen atoms in total. The van der Waals surface area contributed by atoms with Crippen molar-refractivity contribution in [2.75, 3.05) is 6.54 Å². The number of amides is 1. The fourth-order valence-electron chi connectivity index (χ4n) is 2.13. The molecule has 0 aliphatic rings. The minimum absolute atomic E-state index is 0.0302. The first kappa shape index (κ1) is 14.3. The summed E-state index contributed by atoms with van der Waals surface area (Å²) >= 11 is 0. The van der Waals surface area contributed by atoms with Crippen LogP contribution in [0, 0.1) is 0 Å². The Morgan fingerprint density at radius 3 is 2.65 bits per heavy atom. The number of aromatic nitrogens is 1. The van der Waals surface area contributed by atoms with E-state index in [-0.39, 0.29) is 11.9 Å². The quantitative estimate of drug-likeness (QED) is 0.844. The molecule has 1 heterocycles. The maximum Gasteiger partial charge on any atom is 0.268 e. The van der Waals surface area contributed by atoms with Crippen molar-refractivity contribution in [2.24, 2.45) is 5.73 Å². The van der Waals surface area contributed by atoms with Crippen LogP contribution in [0.3, 0.4) is 0 Å². The van der Waals surface area contributed by atoms with Crippen LogP contribution in [0.25, 0.3) is 0 Å². The zero-order valence-corrected chi connectivity index (χ0v) is 11.8. The van der Waals surface area contributed by atoms with E-state index in [2.05, 4.69) is 17.4 Å². The van der Waals surface area contributed by atoms with Crippen LogP contribution in [-0.4, -0.2) is 23.1 Å². The summed E-state index contributed by atoms with van der Waals surface area (Å²) < 4.78 is 1.95. The van der Waals surface area contributed by atoms with Gasteiger partial charge in [0.15, 0.2) is 0 Å². The summed E-state index contributed by atoms with van der Waals surface area (Å²) in [7, 11) is 0. The minimum atomic E-state index is -0.0665. The van der Waals surface area contributed by atoms with Crippen LogP contribution in [-0.2, 0) is 6.54 Å². The van der Waals surface area contributed by atoms with Gasteiger partial charge in [-0.1, -0.05) is 37.3 Å². The van der Waals surface area contributed by atoms with E-state index in [1.54, 1.807) is 0 Å². The molecule has 0 bridgehead atoms. The van der Waals surface area contributed by atoms with Crippen LogP contribution in [0.15, 0.2) is 48.7 Å². The standard InChI is InChI=1S/C16H21N3O/c1-2-14(11-17)18-16(20)15-9-6-10-19(15)12-13-7-4-3-5-8-13/h3-10,14H,2,11-12,17H2,1H3,(H,18,20). The van der Waals surface area contributed by atoms with E-state index in [9.17, 15) is 4.79 Å². The van der Waals surface area contributed by atoms with E-state index in [0.717, 1.165) is 6.42 Å². The highest BCUT2D eigenvalue weighted by atomic mass is 16.2. The van der Waals surface area contributed by atoms with Gasteiger partial charge < -0.3 is 15.6 Å². The lowest BCUT2D eigenvalue weighted by Gasteiger charge is -2.16. The molecule has 1 aromatic heterocycles. The molecule has 4 heteroatoms. The minimum Gasteiger partial charge on any atom is -0.347 e. The third-order valence-electron chi connectivity index (χ3n) is 3.37. The molecule has 0 fully saturated rings. The normalized spacial score (nSPS) is 12.1. The molecule has 0 saturated carbocycles. The van der Waals surface area contributed by atoms with Crippen molar-refractivity contribution < 1.29 is 4.79 Å². The van der Waals surface area contributed by atoms with Crippen LogP contribution >= 0.6 is 0 Å². The molecule has 1 unspecified atom stereocenters. The van der Waals surface area contributed by atoms with Crippen LogP contribution in [0.4, 0.5) is 0 Å². The fraction of sp³-hybridized carbons (Fsp3) is 0.312. The van der Waals surface area contributed by atoms with Gasteiger partial charge in [0.25, 0.3) is 5.91 Å². The lowest BCUT2D eigenvalue weighted by Crippen LogP contribution is -2.40. The molecule has 1 aromatic carbocycles. The molecule has 0 saturated heterocycles. The van der Waals surface area contributed by atoms with Crippen molar-refractivity contribution >= 4 is 5.91 Å². The molecular weight excluding hydrogens is 250 g/mol. The number of carbonyl (C=O) groups excluding carboxylic acids is 1. The second-order valence-electron chi connectivity index (χ2n) is 4.82. The molecule has 2 rings (SSSR count). The van der Waals surface area contributed by atoms with Crippen molar-refractivity contribution in [1.82, 2.24) is 9.88 Å². The van der Waals surface area contributed by atoms with E-state index in [1.807, 2.05) is 48.0 Å². The Morgan fingerprint density at radius 1 is 1.25 bits per heavy atom. The number of nitrogens with zero attached hydrogens (tertiary/aromatic N) is 1. The van der Waals surface area contributed by atoms with Gasteiger partial charge in [-0.05, 0) is 24.1 Å². The molecule has 20 heavy (non-hydrogen) atoms. The van der Waals surface area contributed by atoms with Crippen LogP contribution in [0.2, 0.25) is 0 Å². The van der Waals surface area contributed by atoms with E-state index in [4.69, 9.17) is 5.73 Å². The highest BCUT2D eigenvalue weighted by molar-refractivity contribution is 5.93. The molecule has 3 N–H and O–H groups in total. The Kier molecular flexibility index (Phi) is 4.96. The van der Waals surface area contributed by atoms with Gasteiger partial charge >= 0.3 is 0 Å². The zero-order valence-electron chi connectivity index (χ0n) is 11.8. The van der Waals surface area contributed by atoms with E-state index < -0.39 is 0 Å². The molecule has 106 valence electrons. The maximum absolute atomic E-state index is 12.3. The molecule has 1 amide bonds. The average molecular weight is 271 g/mol. The summed E-state index contributed by atoms with van der Waals surface area (Å²) in [6, 6.07) is 13.8. The lowest BCUT2D eigenvalue weighted by atomic mass is 10.2. The van der Waals surface area contributed by atoms with Crippen molar-refractivity contribution in [3.05, 3.63) is 59.9 Å². The van der Waals surface area contributed by atoms with Crippen LogP contribution < -0.4 is 11.1 Å². The average Bonchev–Trinajstić information content (AvgIpc) is 2.94. The van der Waals surface area contributed by atoms with E-state index in [0.29, 0.717) is 18.8 Å². The largest absolute Gasteiger partial charge is 0.347 e. The summed E-state index contributed by atoms with van der Waals surface area (Å²) in [5.41, 5.74) is 7.46. The van der Waals surface area contributed by atoms with Crippen LogP contribution in [0.5, 0.6) is 0 Å². The topological polar surface area (TPSA) is 60.0 Å². The van der Waals surface area contributed by atoms with Gasteiger partial charge in [0.05, 0.1) is 0 Å². The maximum atomic E-state index is 12.3. The number of benzene rings is 1. The van der Waals surface area contributed by atoms with Gasteiger partial charge in [-0.3, -0.25) is 4.79 Å². The van der Waals surface area contributed by atoms with E-state index >= 15 is 0 Å². The molecule has 0 spiro atoms. The molecular formula is C16H21N3O. The Morgan fingerprint density at radius 2 is 2.00 bits per heavy atom. The Labute approximate surface area is 119 Å². The van der Waals surface area contributed by atoms with Gasteiger partial charge in [0.1, 0.15) is 5.69 Å². The third kappa shape index (κ3) is 3.48. The van der Waals surface area contributed by atoms with Gasteiger partial charge in [-0.15, -0.1) is 0 Å². The van der Waals surface area contributed by atoms with Crippen LogP contribution in [0.1, 0.15) is 29.4 Å². The molecule has 0 aliphatic carbocycles. The summed E-state index contributed by atoms with van der Waals surface area (Å²) in [5, 5.41) is 2.96. The lowest BCUT2D eigenvalue weighted by molar-refractivity contribution is 0.0928. The predicted molar refractivity (Wildman–Crippen MR) is 80.6 cm³/mol. The van der Waals surface area contributed by atoms with Gasteiger partial charge in [-0.2, -0.15) is 0 Å². The van der Waals surface area contributed by atoms with Gasteiger partial charge in [0, 0.05) is 25.3 Å². The van der Waals surface area contributed by atoms with Crippen molar-refractivity contribution in [2.45, 2.75) is 25.9 Å². The van der Waals surface area contributed by atoms with E-state index in [1.165, 1.54) is 5.56 Å². The summed E-state index contributed by atoms with van der Waals surface area (Å²) in [6.45, 7) is 3.17. The number of nitrogens with two attached hydrogens (primary N) is 1. The molecule has 1 atom stereocenters. The Hall–Kier alpha value is -2.07. The Bertz CT molecular complexity index is 544. The second-order valence-corrected chi connectivity index (χ2v) is 4.82. The smallest absolute Gasteiger partial charge is 0.268 e. The first-order valence-electron chi connectivity index (χ1n) is 6.94. The zero-order chi connectivity index (χ0) is 14.4. The predicted octanol–water partition coefficient (Wildman–Crippen LogP) is 2.00. The second kappa shape index (κ2) is 6.91. The molecule has 2 aromatic rings. The Balaban J connectivity index is 2.10. The molecule has 0 aliphatic heterocycles. The van der Waals surface area contributed by atoms with Gasteiger partial charge in [0.2, 0.25) is 0 Å². The summed E-state index contributed by atoms with van der Waals surface area (Å²) in [4.78, 5) is 12.3. The number of carbonyl (C=O) groups is 1. The number of hydrogen-bond acceptors (Lipinski definition) is 2. The SMILES string of the molecule is CCC(CN)NC(=O)c1cccn1Cc1ccccc1. The summed E-state index contributed by atoms with van der Waals surface area (Å²) in [6.07, 6.45) is 2.76. The van der Waals surface area contributed by atoms with Crippen molar-refractivity contribution in [1.29, 1.82) is 0 Å². The first-order chi connectivity index (χ1) is 9.74. The van der Waals surface area contributed by atoms with Gasteiger partial charge in [-0.25, -0.2) is 0 Å².